The normalized spacial score (nSPS) is 16.0. The van der Waals surface area contributed by atoms with Crippen molar-refractivity contribution in [1.82, 2.24) is 4.90 Å². The third kappa shape index (κ3) is 5.36. The van der Waals surface area contributed by atoms with Crippen LogP contribution in [0.1, 0.15) is 41.6 Å². The lowest BCUT2D eigenvalue weighted by Crippen LogP contribution is -2.40. The molecule has 0 unspecified atom stereocenters. The first-order valence-electron chi connectivity index (χ1n) is 11.1. The van der Waals surface area contributed by atoms with Crippen LogP contribution in [0, 0.1) is 12.8 Å². The molecule has 170 valence electrons. The Balaban J connectivity index is 1.21. The SMILES string of the molecule is Cc1cc(Cl)ccc1OCCCC(=O)N1CCC(C(=O)c2ccc3c(c2)OCCO3)CC1. The van der Waals surface area contributed by atoms with Crippen LogP contribution in [0.25, 0.3) is 0 Å². The highest BCUT2D eigenvalue weighted by Gasteiger charge is 2.28. The fourth-order valence-corrected chi connectivity index (χ4v) is 4.39. The number of aryl methyl sites for hydroxylation is 1. The van der Waals surface area contributed by atoms with Crippen molar-refractivity contribution in [2.45, 2.75) is 32.6 Å². The minimum atomic E-state index is -0.0715. The molecule has 0 spiro atoms. The van der Waals surface area contributed by atoms with Gasteiger partial charge in [0.05, 0.1) is 6.61 Å². The van der Waals surface area contributed by atoms with E-state index < -0.39 is 0 Å². The van der Waals surface area contributed by atoms with Crippen molar-refractivity contribution >= 4 is 23.3 Å². The summed E-state index contributed by atoms with van der Waals surface area (Å²) in [6, 6.07) is 10.9. The number of benzene rings is 2. The van der Waals surface area contributed by atoms with Gasteiger partial charge >= 0.3 is 0 Å². The third-order valence-electron chi connectivity index (χ3n) is 5.97. The highest BCUT2D eigenvalue weighted by atomic mass is 35.5. The van der Waals surface area contributed by atoms with Gasteiger partial charge in [-0.25, -0.2) is 0 Å². The van der Waals surface area contributed by atoms with Gasteiger partial charge in [-0.1, -0.05) is 11.6 Å². The smallest absolute Gasteiger partial charge is 0.222 e. The van der Waals surface area contributed by atoms with E-state index in [4.69, 9.17) is 25.8 Å². The van der Waals surface area contributed by atoms with Crippen molar-refractivity contribution in [3.05, 3.63) is 52.5 Å². The molecule has 2 heterocycles. The van der Waals surface area contributed by atoms with Crippen LogP contribution in [0.15, 0.2) is 36.4 Å². The van der Waals surface area contributed by atoms with E-state index in [-0.39, 0.29) is 17.6 Å². The summed E-state index contributed by atoms with van der Waals surface area (Å²) in [5.74, 6) is 2.26. The molecule has 4 rings (SSSR count). The second kappa shape index (κ2) is 10.3. The Kier molecular flexibility index (Phi) is 7.20. The van der Waals surface area contributed by atoms with Crippen LogP contribution in [0.3, 0.4) is 0 Å². The van der Waals surface area contributed by atoms with Crippen LogP contribution in [-0.4, -0.2) is 49.5 Å². The Morgan fingerprint density at radius 2 is 1.81 bits per heavy atom. The monoisotopic (exact) mass is 457 g/mol. The Morgan fingerprint density at radius 1 is 1.06 bits per heavy atom. The Labute approximate surface area is 193 Å². The summed E-state index contributed by atoms with van der Waals surface area (Å²) in [7, 11) is 0. The minimum Gasteiger partial charge on any atom is -0.493 e. The summed E-state index contributed by atoms with van der Waals surface area (Å²) < 4.78 is 16.9. The summed E-state index contributed by atoms with van der Waals surface area (Å²) in [6.07, 6.45) is 2.45. The van der Waals surface area contributed by atoms with E-state index in [0.29, 0.717) is 80.7 Å². The fourth-order valence-electron chi connectivity index (χ4n) is 4.16. The van der Waals surface area contributed by atoms with Gasteiger partial charge in [-0.05, 0) is 68.1 Å². The molecule has 0 radical (unpaired) electrons. The number of ketones is 1. The molecule has 0 atom stereocenters. The van der Waals surface area contributed by atoms with Gasteiger partial charge in [-0.3, -0.25) is 9.59 Å². The standard InChI is InChI=1S/C25H28ClNO5/c1-17-15-20(26)5-7-21(17)30-12-2-3-24(28)27-10-8-18(9-11-27)25(29)19-4-6-22-23(16-19)32-14-13-31-22/h4-7,15-16,18H,2-3,8-14H2,1H3. The van der Waals surface area contributed by atoms with Gasteiger partial charge in [-0.2, -0.15) is 0 Å². The predicted octanol–water partition coefficient (Wildman–Crippen LogP) is 4.70. The van der Waals surface area contributed by atoms with Crippen molar-refractivity contribution in [2.24, 2.45) is 5.92 Å². The first-order valence-corrected chi connectivity index (χ1v) is 11.5. The van der Waals surface area contributed by atoms with E-state index in [1.54, 1.807) is 24.3 Å². The number of carbonyl (C=O) groups excluding carboxylic acids is 2. The van der Waals surface area contributed by atoms with Crippen LogP contribution in [0.2, 0.25) is 5.02 Å². The van der Waals surface area contributed by atoms with Gasteiger partial charge in [0.25, 0.3) is 0 Å². The highest BCUT2D eigenvalue weighted by Crippen LogP contribution is 2.32. The molecule has 2 aliphatic rings. The van der Waals surface area contributed by atoms with Crippen molar-refractivity contribution in [1.29, 1.82) is 0 Å². The number of amides is 1. The molecule has 0 aromatic heterocycles. The van der Waals surface area contributed by atoms with Gasteiger partial charge in [0.1, 0.15) is 19.0 Å². The van der Waals surface area contributed by atoms with Crippen molar-refractivity contribution < 1.29 is 23.8 Å². The molecule has 1 saturated heterocycles. The van der Waals surface area contributed by atoms with E-state index in [9.17, 15) is 9.59 Å². The van der Waals surface area contributed by atoms with Crippen LogP contribution in [-0.2, 0) is 4.79 Å². The number of piperidine rings is 1. The van der Waals surface area contributed by atoms with Gasteiger partial charge in [0.15, 0.2) is 17.3 Å². The number of carbonyl (C=O) groups is 2. The third-order valence-corrected chi connectivity index (χ3v) is 6.21. The molecule has 2 aliphatic heterocycles. The number of hydrogen-bond donors (Lipinski definition) is 0. The molecule has 2 aromatic rings. The minimum absolute atomic E-state index is 0.0715. The fraction of sp³-hybridized carbons (Fsp3) is 0.440. The van der Waals surface area contributed by atoms with E-state index in [0.717, 1.165) is 11.3 Å². The molecule has 0 bridgehead atoms. The number of nitrogens with zero attached hydrogens (tertiary/aromatic N) is 1. The van der Waals surface area contributed by atoms with Crippen molar-refractivity contribution in [3.8, 4) is 17.2 Å². The molecule has 7 heteroatoms. The molecule has 32 heavy (non-hydrogen) atoms. The first kappa shape index (κ1) is 22.5. The number of likely N-dealkylation sites (tertiary alicyclic amines) is 1. The molecule has 1 fully saturated rings. The number of hydrogen-bond acceptors (Lipinski definition) is 5. The zero-order valence-electron chi connectivity index (χ0n) is 18.3. The van der Waals surface area contributed by atoms with Crippen LogP contribution in [0.5, 0.6) is 17.2 Å². The van der Waals surface area contributed by atoms with E-state index in [2.05, 4.69) is 0 Å². The number of rotatable bonds is 7. The topological polar surface area (TPSA) is 65.1 Å². The Bertz CT molecular complexity index is 984. The summed E-state index contributed by atoms with van der Waals surface area (Å²) in [5.41, 5.74) is 1.63. The lowest BCUT2D eigenvalue weighted by molar-refractivity contribution is -0.132. The molecule has 0 N–H and O–H groups in total. The summed E-state index contributed by atoms with van der Waals surface area (Å²) in [4.78, 5) is 27.4. The second-order valence-electron chi connectivity index (χ2n) is 8.24. The molecule has 2 aromatic carbocycles. The maximum Gasteiger partial charge on any atom is 0.222 e. The molecule has 0 saturated carbocycles. The van der Waals surface area contributed by atoms with Crippen LogP contribution in [0.4, 0.5) is 0 Å². The molecule has 0 aliphatic carbocycles. The Hall–Kier alpha value is -2.73. The van der Waals surface area contributed by atoms with Crippen molar-refractivity contribution in [3.63, 3.8) is 0 Å². The van der Waals surface area contributed by atoms with E-state index in [1.165, 1.54) is 0 Å². The van der Waals surface area contributed by atoms with Gasteiger partial charge in [-0.15, -0.1) is 0 Å². The molecule has 6 nitrogen and oxygen atoms in total. The van der Waals surface area contributed by atoms with Crippen LogP contribution >= 0.6 is 11.6 Å². The largest absolute Gasteiger partial charge is 0.493 e. The maximum atomic E-state index is 12.9. The number of halogens is 1. The van der Waals surface area contributed by atoms with E-state index in [1.807, 2.05) is 24.0 Å². The second-order valence-corrected chi connectivity index (χ2v) is 8.68. The van der Waals surface area contributed by atoms with Crippen LogP contribution < -0.4 is 14.2 Å². The highest BCUT2D eigenvalue weighted by molar-refractivity contribution is 6.30. The molecular formula is C25H28ClNO5. The molecular weight excluding hydrogens is 430 g/mol. The predicted molar refractivity (Wildman–Crippen MR) is 122 cm³/mol. The number of ether oxygens (including phenoxy) is 3. The molecule has 1 amide bonds. The average Bonchev–Trinajstić information content (AvgIpc) is 2.82. The lowest BCUT2D eigenvalue weighted by Gasteiger charge is -2.31. The average molecular weight is 458 g/mol. The maximum absolute atomic E-state index is 12.9. The van der Waals surface area contributed by atoms with Gasteiger partial charge < -0.3 is 19.1 Å². The zero-order valence-corrected chi connectivity index (χ0v) is 19.0. The number of Topliss-reactive ketones (excluding diaryl/α,β-unsaturated/α-hetero) is 1. The summed E-state index contributed by atoms with van der Waals surface area (Å²) >= 11 is 5.96. The quantitative estimate of drug-likeness (QED) is 0.445. The van der Waals surface area contributed by atoms with Crippen molar-refractivity contribution in [2.75, 3.05) is 32.9 Å². The van der Waals surface area contributed by atoms with E-state index >= 15 is 0 Å². The Morgan fingerprint density at radius 3 is 2.56 bits per heavy atom. The zero-order chi connectivity index (χ0) is 22.5. The van der Waals surface area contributed by atoms with Gasteiger partial charge in [0.2, 0.25) is 5.91 Å². The number of fused-ring (bicyclic) bond motifs is 1. The summed E-state index contributed by atoms with van der Waals surface area (Å²) in [6.45, 7) is 4.67. The van der Waals surface area contributed by atoms with Gasteiger partial charge in [0, 0.05) is 36.0 Å². The lowest BCUT2D eigenvalue weighted by atomic mass is 9.88. The first-order chi connectivity index (χ1) is 15.5. The summed E-state index contributed by atoms with van der Waals surface area (Å²) in [5, 5.41) is 0.681.